The van der Waals surface area contributed by atoms with E-state index >= 15 is 0 Å². The summed E-state index contributed by atoms with van der Waals surface area (Å²) in [5.74, 6) is -1.65. The van der Waals surface area contributed by atoms with E-state index in [1.807, 2.05) is 0 Å². The van der Waals surface area contributed by atoms with Crippen LogP contribution in [-0.4, -0.2) is 50.8 Å². The molecule has 2 heterocycles. The molecule has 4 rings (SSSR count). The Labute approximate surface area is 179 Å². The second kappa shape index (κ2) is 8.08. The Morgan fingerprint density at radius 2 is 1.84 bits per heavy atom. The van der Waals surface area contributed by atoms with E-state index in [0.29, 0.717) is 29.1 Å². The van der Waals surface area contributed by atoms with E-state index in [1.54, 1.807) is 31.3 Å². The fourth-order valence-electron chi connectivity index (χ4n) is 3.47. The van der Waals surface area contributed by atoms with Gasteiger partial charge in [-0.1, -0.05) is 23.4 Å². The number of likely N-dealkylation sites (N-methyl/N-ethyl adjacent to an activating group) is 1. The van der Waals surface area contributed by atoms with Crippen molar-refractivity contribution in [2.75, 3.05) is 11.4 Å². The summed E-state index contributed by atoms with van der Waals surface area (Å²) in [6.45, 7) is 2.30. The fourth-order valence-corrected chi connectivity index (χ4v) is 3.47. The average molecular weight is 446 g/mol. The summed E-state index contributed by atoms with van der Waals surface area (Å²) < 4.78 is 42.1. The Bertz CT molecular complexity index is 1170. The van der Waals surface area contributed by atoms with Crippen molar-refractivity contribution in [2.24, 2.45) is 0 Å². The highest BCUT2D eigenvalue weighted by Gasteiger charge is 2.37. The van der Waals surface area contributed by atoms with Gasteiger partial charge in [0.1, 0.15) is 11.4 Å². The molecule has 1 N–H and O–H groups in total. The monoisotopic (exact) mass is 446 g/mol. The molecule has 0 saturated carbocycles. The third-order valence-corrected chi connectivity index (χ3v) is 4.95. The molecule has 1 unspecified atom stereocenters. The molecule has 0 radical (unpaired) electrons. The van der Waals surface area contributed by atoms with Gasteiger partial charge in [0.05, 0.1) is 18.4 Å². The van der Waals surface area contributed by atoms with Gasteiger partial charge >= 0.3 is 6.36 Å². The molecule has 166 valence electrons. The van der Waals surface area contributed by atoms with Crippen molar-refractivity contribution in [3.8, 4) is 17.0 Å². The molecule has 0 spiro atoms. The molecule has 1 aliphatic rings. The molecule has 0 saturated heterocycles. The zero-order valence-corrected chi connectivity index (χ0v) is 16.7. The van der Waals surface area contributed by atoms with Gasteiger partial charge in [-0.3, -0.25) is 9.59 Å². The van der Waals surface area contributed by atoms with Gasteiger partial charge in [0.2, 0.25) is 5.78 Å². The SMILES string of the molecule is CCN1C(=O)C(O)C(=O)c2cc(-c3cn(Cc4ccc(OC(F)(F)F)cc4)nn3)ccc21. The number of aliphatic hydroxyl groups is 1. The Kier molecular flexibility index (Phi) is 5.43. The quantitative estimate of drug-likeness (QED) is 0.606. The number of ether oxygens (including phenoxy) is 1. The Hall–Kier alpha value is -3.73. The minimum Gasteiger partial charge on any atom is -0.406 e. The molecule has 32 heavy (non-hydrogen) atoms. The van der Waals surface area contributed by atoms with Crippen molar-refractivity contribution < 1.29 is 32.6 Å². The lowest BCUT2D eigenvalue weighted by Gasteiger charge is -2.30. The standard InChI is InChI=1S/C21H17F3N4O4/c1-2-28-17-8-5-13(9-15(17)18(29)19(30)20(28)31)16-11-27(26-25-16)10-12-3-6-14(7-4-12)32-21(22,23)24/h3-9,11,19,30H,2,10H2,1H3. The van der Waals surface area contributed by atoms with Crippen molar-refractivity contribution in [1.29, 1.82) is 0 Å². The number of ketones is 1. The van der Waals surface area contributed by atoms with Gasteiger partial charge in [0.25, 0.3) is 5.91 Å². The summed E-state index contributed by atoms with van der Waals surface area (Å²) in [5, 5.41) is 18.1. The van der Waals surface area contributed by atoms with Crippen LogP contribution in [0.25, 0.3) is 11.3 Å². The average Bonchev–Trinajstić information content (AvgIpc) is 3.21. The van der Waals surface area contributed by atoms with E-state index in [1.165, 1.54) is 33.8 Å². The molecule has 8 nitrogen and oxygen atoms in total. The summed E-state index contributed by atoms with van der Waals surface area (Å²) in [5.41, 5.74) is 2.33. The maximum absolute atomic E-state index is 12.4. The van der Waals surface area contributed by atoms with Crippen molar-refractivity contribution in [2.45, 2.75) is 25.9 Å². The van der Waals surface area contributed by atoms with Crippen LogP contribution in [0, 0.1) is 0 Å². The molecule has 1 atom stereocenters. The number of rotatable bonds is 5. The first kappa shape index (κ1) is 21.5. The summed E-state index contributed by atoms with van der Waals surface area (Å²) >= 11 is 0. The molecule has 0 fully saturated rings. The smallest absolute Gasteiger partial charge is 0.406 e. The van der Waals surface area contributed by atoms with Gasteiger partial charge in [-0.2, -0.15) is 0 Å². The van der Waals surface area contributed by atoms with E-state index in [4.69, 9.17) is 0 Å². The first-order valence-corrected chi connectivity index (χ1v) is 9.59. The number of aromatic nitrogens is 3. The van der Waals surface area contributed by atoms with E-state index in [-0.39, 0.29) is 17.9 Å². The zero-order chi connectivity index (χ0) is 23.0. The number of amides is 1. The number of carbonyl (C=O) groups excluding carboxylic acids is 2. The molecule has 11 heteroatoms. The highest BCUT2D eigenvalue weighted by atomic mass is 19.4. The van der Waals surface area contributed by atoms with Gasteiger partial charge in [-0.25, -0.2) is 4.68 Å². The topological polar surface area (TPSA) is 97.6 Å². The van der Waals surface area contributed by atoms with Crippen LogP contribution in [0.2, 0.25) is 0 Å². The van der Waals surface area contributed by atoms with Crippen LogP contribution >= 0.6 is 0 Å². The number of benzene rings is 2. The molecule has 0 bridgehead atoms. The number of alkyl halides is 3. The highest BCUT2D eigenvalue weighted by Crippen LogP contribution is 2.31. The first-order valence-electron chi connectivity index (χ1n) is 9.59. The summed E-state index contributed by atoms with van der Waals surface area (Å²) in [6.07, 6.45) is -4.87. The Morgan fingerprint density at radius 3 is 2.50 bits per heavy atom. The number of aliphatic hydroxyl groups excluding tert-OH is 1. The number of Topliss-reactive ketones (excluding diaryl/α,β-unsaturated/α-hetero) is 1. The number of nitrogens with zero attached hydrogens (tertiary/aromatic N) is 4. The van der Waals surface area contributed by atoms with Gasteiger partial charge in [-0.05, 0) is 36.8 Å². The zero-order valence-electron chi connectivity index (χ0n) is 16.7. The van der Waals surface area contributed by atoms with E-state index in [2.05, 4.69) is 15.0 Å². The predicted molar refractivity (Wildman–Crippen MR) is 106 cm³/mol. The lowest BCUT2D eigenvalue weighted by atomic mass is 9.95. The van der Waals surface area contributed by atoms with E-state index in [0.717, 1.165) is 0 Å². The van der Waals surface area contributed by atoms with Gasteiger partial charge < -0.3 is 14.7 Å². The normalized spacial score (nSPS) is 16.3. The third-order valence-electron chi connectivity index (χ3n) is 4.95. The molecule has 2 aromatic carbocycles. The van der Waals surface area contributed by atoms with Crippen molar-refractivity contribution >= 4 is 17.4 Å². The van der Waals surface area contributed by atoms with Crippen LogP contribution in [0.3, 0.4) is 0 Å². The highest BCUT2D eigenvalue weighted by molar-refractivity contribution is 6.23. The van der Waals surface area contributed by atoms with Crippen LogP contribution in [-0.2, 0) is 11.3 Å². The fraction of sp³-hybridized carbons (Fsp3) is 0.238. The van der Waals surface area contributed by atoms with Gasteiger partial charge in [0, 0.05) is 17.7 Å². The van der Waals surface area contributed by atoms with Crippen LogP contribution in [0.1, 0.15) is 22.8 Å². The molecule has 1 aromatic heterocycles. The number of halogens is 3. The van der Waals surface area contributed by atoms with Crippen molar-refractivity contribution in [1.82, 2.24) is 15.0 Å². The largest absolute Gasteiger partial charge is 0.573 e. The molecule has 1 aliphatic heterocycles. The summed E-state index contributed by atoms with van der Waals surface area (Å²) in [7, 11) is 0. The molecule has 3 aromatic rings. The second-order valence-electron chi connectivity index (χ2n) is 7.07. The van der Waals surface area contributed by atoms with Crippen LogP contribution in [0.5, 0.6) is 5.75 Å². The minimum absolute atomic E-state index is 0.214. The number of hydrogen-bond acceptors (Lipinski definition) is 6. The number of hydrogen-bond donors (Lipinski definition) is 1. The van der Waals surface area contributed by atoms with Gasteiger partial charge in [0.15, 0.2) is 6.10 Å². The summed E-state index contributed by atoms with van der Waals surface area (Å²) in [4.78, 5) is 25.9. The number of carbonyl (C=O) groups is 2. The Morgan fingerprint density at radius 1 is 1.12 bits per heavy atom. The lowest BCUT2D eigenvalue weighted by molar-refractivity contribution is -0.274. The molecular weight excluding hydrogens is 429 g/mol. The maximum Gasteiger partial charge on any atom is 0.573 e. The Balaban J connectivity index is 1.54. The lowest BCUT2D eigenvalue weighted by Crippen LogP contribution is -2.48. The molecule has 1 amide bonds. The third kappa shape index (κ3) is 4.19. The van der Waals surface area contributed by atoms with E-state index < -0.39 is 24.2 Å². The molecule has 0 aliphatic carbocycles. The second-order valence-corrected chi connectivity index (χ2v) is 7.07. The predicted octanol–water partition coefficient (Wildman–Crippen LogP) is 2.80. The van der Waals surface area contributed by atoms with Crippen LogP contribution in [0.4, 0.5) is 18.9 Å². The van der Waals surface area contributed by atoms with Crippen LogP contribution < -0.4 is 9.64 Å². The summed E-state index contributed by atoms with van der Waals surface area (Å²) in [6, 6.07) is 10.2. The first-order chi connectivity index (χ1) is 15.2. The minimum atomic E-state index is -4.75. The number of anilines is 1. The van der Waals surface area contributed by atoms with E-state index in [9.17, 15) is 27.9 Å². The molecular formula is C21H17F3N4O4. The number of fused-ring (bicyclic) bond motifs is 1. The maximum atomic E-state index is 12.4. The van der Waals surface area contributed by atoms with Crippen molar-refractivity contribution in [3.05, 3.63) is 59.8 Å². The van der Waals surface area contributed by atoms with Gasteiger partial charge in [-0.15, -0.1) is 18.3 Å². The van der Waals surface area contributed by atoms with Crippen LogP contribution in [0.15, 0.2) is 48.7 Å². The van der Waals surface area contributed by atoms with Crippen molar-refractivity contribution in [3.63, 3.8) is 0 Å².